The SMILES string of the molecule is CC(C)C(CCNC(=O)N1CCNC(=O)C1)CCC(=O)O. The maximum absolute atomic E-state index is 11.9. The van der Waals surface area contributed by atoms with Crippen LogP contribution in [-0.4, -0.2) is 54.1 Å². The fourth-order valence-electron chi connectivity index (χ4n) is 2.41. The molecule has 7 nitrogen and oxygen atoms in total. The quantitative estimate of drug-likeness (QED) is 0.643. The lowest BCUT2D eigenvalue weighted by Gasteiger charge is -2.27. The Morgan fingerprint density at radius 2 is 2.10 bits per heavy atom. The fourth-order valence-corrected chi connectivity index (χ4v) is 2.41. The third-order valence-electron chi connectivity index (χ3n) is 3.79. The summed E-state index contributed by atoms with van der Waals surface area (Å²) >= 11 is 0. The molecule has 0 saturated carbocycles. The van der Waals surface area contributed by atoms with E-state index in [1.54, 1.807) is 0 Å². The second kappa shape index (κ2) is 8.49. The van der Waals surface area contributed by atoms with Crippen molar-refractivity contribution >= 4 is 17.9 Å². The molecule has 0 aromatic carbocycles. The van der Waals surface area contributed by atoms with Crippen molar-refractivity contribution in [1.82, 2.24) is 15.5 Å². The molecule has 0 aromatic heterocycles. The van der Waals surface area contributed by atoms with Gasteiger partial charge in [0, 0.05) is 26.1 Å². The van der Waals surface area contributed by atoms with Crippen LogP contribution in [0.5, 0.6) is 0 Å². The van der Waals surface area contributed by atoms with Gasteiger partial charge in [0.05, 0.1) is 0 Å². The van der Waals surface area contributed by atoms with Crippen LogP contribution >= 0.6 is 0 Å². The first-order valence-corrected chi connectivity index (χ1v) is 7.41. The molecular weight excluding hydrogens is 274 g/mol. The molecule has 0 aromatic rings. The molecule has 1 saturated heterocycles. The van der Waals surface area contributed by atoms with E-state index in [2.05, 4.69) is 24.5 Å². The van der Waals surface area contributed by atoms with Crippen LogP contribution in [0.1, 0.15) is 33.1 Å². The number of aliphatic carboxylic acids is 1. The average molecular weight is 299 g/mol. The van der Waals surface area contributed by atoms with E-state index >= 15 is 0 Å². The maximum Gasteiger partial charge on any atom is 0.317 e. The summed E-state index contributed by atoms with van der Waals surface area (Å²) in [7, 11) is 0. The molecule has 1 fully saturated rings. The monoisotopic (exact) mass is 299 g/mol. The van der Waals surface area contributed by atoms with Crippen molar-refractivity contribution in [3.63, 3.8) is 0 Å². The Morgan fingerprint density at radius 3 is 2.67 bits per heavy atom. The smallest absolute Gasteiger partial charge is 0.317 e. The molecule has 120 valence electrons. The van der Waals surface area contributed by atoms with Gasteiger partial charge in [-0.05, 0) is 24.7 Å². The fraction of sp³-hybridized carbons (Fsp3) is 0.786. The van der Waals surface area contributed by atoms with E-state index in [0.717, 1.165) is 6.42 Å². The van der Waals surface area contributed by atoms with Gasteiger partial charge in [0.25, 0.3) is 0 Å². The topological polar surface area (TPSA) is 98.7 Å². The lowest BCUT2D eigenvalue weighted by molar-refractivity contribution is -0.137. The van der Waals surface area contributed by atoms with Crippen molar-refractivity contribution in [2.24, 2.45) is 11.8 Å². The molecule has 1 rings (SSSR count). The van der Waals surface area contributed by atoms with E-state index in [1.165, 1.54) is 4.90 Å². The van der Waals surface area contributed by atoms with E-state index in [9.17, 15) is 14.4 Å². The zero-order valence-corrected chi connectivity index (χ0v) is 12.7. The molecule has 0 aliphatic carbocycles. The highest BCUT2D eigenvalue weighted by atomic mass is 16.4. The average Bonchev–Trinajstić information content (AvgIpc) is 2.41. The molecular formula is C14H25N3O4. The van der Waals surface area contributed by atoms with Gasteiger partial charge in [-0.15, -0.1) is 0 Å². The number of piperazine rings is 1. The number of rotatable bonds is 7. The van der Waals surface area contributed by atoms with Crippen LogP contribution in [0.2, 0.25) is 0 Å². The van der Waals surface area contributed by atoms with Crippen LogP contribution in [0.3, 0.4) is 0 Å². The van der Waals surface area contributed by atoms with E-state index < -0.39 is 5.97 Å². The standard InChI is InChI=1S/C14H25N3O4/c1-10(2)11(3-4-13(19)20)5-6-16-14(21)17-8-7-15-12(18)9-17/h10-11H,3-9H2,1-2H3,(H,15,18)(H,16,21)(H,19,20). The Kier molecular flexibility index (Phi) is 6.98. The van der Waals surface area contributed by atoms with Crippen LogP contribution in [0.4, 0.5) is 4.79 Å². The van der Waals surface area contributed by atoms with Crippen LogP contribution in [0.15, 0.2) is 0 Å². The summed E-state index contributed by atoms with van der Waals surface area (Å²) in [6, 6.07) is -0.231. The molecule has 3 amide bonds. The predicted octanol–water partition coefficient (Wildman–Crippen LogP) is 0.655. The van der Waals surface area contributed by atoms with Gasteiger partial charge in [0.2, 0.25) is 5.91 Å². The third kappa shape index (κ3) is 6.46. The number of carboxylic acids is 1. The number of carbonyl (C=O) groups is 3. The van der Waals surface area contributed by atoms with E-state index in [1.807, 2.05) is 0 Å². The van der Waals surface area contributed by atoms with Gasteiger partial charge >= 0.3 is 12.0 Å². The van der Waals surface area contributed by atoms with Gasteiger partial charge in [0.1, 0.15) is 6.54 Å². The summed E-state index contributed by atoms with van der Waals surface area (Å²) in [6.45, 7) is 5.72. The summed E-state index contributed by atoms with van der Waals surface area (Å²) in [5.74, 6) is -0.282. The van der Waals surface area contributed by atoms with E-state index in [-0.39, 0.29) is 30.8 Å². The van der Waals surface area contributed by atoms with Crippen LogP contribution < -0.4 is 10.6 Å². The minimum Gasteiger partial charge on any atom is -0.481 e. The Bertz CT molecular complexity index is 384. The normalized spacial score (nSPS) is 16.5. The van der Waals surface area contributed by atoms with E-state index in [4.69, 9.17) is 5.11 Å². The lowest BCUT2D eigenvalue weighted by Crippen LogP contribution is -2.53. The lowest BCUT2D eigenvalue weighted by atomic mass is 9.88. The van der Waals surface area contributed by atoms with Gasteiger partial charge in [0.15, 0.2) is 0 Å². The minimum absolute atomic E-state index is 0.0957. The second-order valence-corrected chi connectivity index (χ2v) is 5.73. The summed E-state index contributed by atoms with van der Waals surface area (Å²) in [5, 5.41) is 14.2. The zero-order valence-electron chi connectivity index (χ0n) is 12.7. The van der Waals surface area contributed by atoms with Crippen molar-refractivity contribution in [2.45, 2.75) is 33.1 Å². The molecule has 1 heterocycles. The highest BCUT2D eigenvalue weighted by Crippen LogP contribution is 2.20. The van der Waals surface area contributed by atoms with Crippen molar-refractivity contribution < 1.29 is 19.5 Å². The number of hydrogen-bond acceptors (Lipinski definition) is 3. The molecule has 3 N–H and O–H groups in total. The van der Waals surface area contributed by atoms with Crippen LogP contribution in [0, 0.1) is 11.8 Å². The number of amides is 3. The minimum atomic E-state index is -0.788. The molecule has 0 bridgehead atoms. The van der Waals surface area contributed by atoms with Crippen molar-refractivity contribution in [2.75, 3.05) is 26.2 Å². The zero-order chi connectivity index (χ0) is 15.8. The largest absolute Gasteiger partial charge is 0.481 e. The number of urea groups is 1. The van der Waals surface area contributed by atoms with Gasteiger partial charge in [-0.2, -0.15) is 0 Å². The summed E-state index contributed by atoms with van der Waals surface area (Å²) in [6.07, 6.45) is 1.52. The summed E-state index contributed by atoms with van der Waals surface area (Å²) in [5.41, 5.74) is 0. The van der Waals surface area contributed by atoms with Gasteiger partial charge in [-0.1, -0.05) is 13.8 Å². The Morgan fingerprint density at radius 1 is 1.38 bits per heavy atom. The van der Waals surface area contributed by atoms with E-state index in [0.29, 0.717) is 32.0 Å². The molecule has 1 unspecified atom stereocenters. The third-order valence-corrected chi connectivity index (χ3v) is 3.79. The molecule has 0 spiro atoms. The Labute approximate surface area is 125 Å². The Hall–Kier alpha value is -1.79. The first kappa shape index (κ1) is 17.3. The summed E-state index contributed by atoms with van der Waals surface area (Å²) < 4.78 is 0. The van der Waals surface area contributed by atoms with Gasteiger partial charge in [-0.3, -0.25) is 9.59 Å². The number of carboxylic acid groups (broad SMARTS) is 1. The van der Waals surface area contributed by atoms with Crippen molar-refractivity contribution in [1.29, 1.82) is 0 Å². The number of hydrogen-bond donors (Lipinski definition) is 3. The van der Waals surface area contributed by atoms with Crippen LogP contribution in [0.25, 0.3) is 0 Å². The molecule has 21 heavy (non-hydrogen) atoms. The van der Waals surface area contributed by atoms with Crippen molar-refractivity contribution in [3.05, 3.63) is 0 Å². The maximum atomic E-state index is 11.9. The second-order valence-electron chi connectivity index (χ2n) is 5.73. The van der Waals surface area contributed by atoms with Gasteiger partial charge in [-0.25, -0.2) is 4.79 Å². The predicted molar refractivity (Wildman–Crippen MR) is 77.8 cm³/mol. The Balaban J connectivity index is 2.30. The van der Waals surface area contributed by atoms with Crippen molar-refractivity contribution in [3.8, 4) is 0 Å². The highest BCUT2D eigenvalue weighted by Gasteiger charge is 2.21. The first-order valence-electron chi connectivity index (χ1n) is 7.41. The van der Waals surface area contributed by atoms with Crippen LogP contribution in [-0.2, 0) is 9.59 Å². The molecule has 1 aliphatic heterocycles. The number of nitrogens with zero attached hydrogens (tertiary/aromatic N) is 1. The molecule has 0 radical (unpaired) electrons. The number of nitrogens with one attached hydrogen (secondary N) is 2. The number of carbonyl (C=O) groups excluding carboxylic acids is 2. The molecule has 1 atom stereocenters. The molecule has 7 heteroatoms. The highest BCUT2D eigenvalue weighted by molar-refractivity contribution is 5.85. The first-order chi connectivity index (χ1) is 9.90. The summed E-state index contributed by atoms with van der Waals surface area (Å²) in [4.78, 5) is 35.2. The molecule has 1 aliphatic rings. The van der Waals surface area contributed by atoms with Gasteiger partial charge < -0.3 is 20.6 Å².